The van der Waals surface area contributed by atoms with Gasteiger partial charge in [0.25, 0.3) is 0 Å². The first-order valence-electron chi connectivity index (χ1n) is 6.10. The van der Waals surface area contributed by atoms with Crippen LogP contribution in [0, 0.1) is 0 Å². The highest BCUT2D eigenvalue weighted by atomic mass is 35.5. The molecule has 0 saturated heterocycles. The van der Waals surface area contributed by atoms with E-state index in [2.05, 4.69) is 9.88 Å². The van der Waals surface area contributed by atoms with Gasteiger partial charge in [-0.1, -0.05) is 11.6 Å². The Kier molecular flexibility index (Phi) is 5.70. The molecular weight excluding hydrogens is 283 g/mol. The molecule has 1 N–H and O–H groups in total. The number of hydrogen-bond acceptors (Lipinski definition) is 1. The van der Waals surface area contributed by atoms with Crippen molar-refractivity contribution in [2.45, 2.75) is 32.9 Å². The summed E-state index contributed by atoms with van der Waals surface area (Å²) in [7, 11) is 0. The van der Waals surface area contributed by atoms with Crippen molar-refractivity contribution in [3.05, 3.63) is 35.5 Å². The molecule has 0 aliphatic rings. The maximum atomic E-state index is 11.6. The summed E-state index contributed by atoms with van der Waals surface area (Å²) < 4.78 is 2.07. The Morgan fingerprint density at radius 3 is 2.79 bits per heavy atom. The third kappa shape index (κ3) is 4.15. The summed E-state index contributed by atoms with van der Waals surface area (Å²) in [4.78, 5) is 11.6. The van der Waals surface area contributed by atoms with E-state index < -0.39 is 0 Å². The maximum absolute atomic E-state index is 11.6. The monoisotopic (exact) mass is 300 g/mol. The van der Waals surface area contributed by atoms with Crippen molar-refractivity contribution < 1.29 is 4.79 Å². The normalized spacial score (nSPS) is 10.5. The third-order valence-corrected chi connectivity index (χ3v) is 3.00. The van der Waals surface area contributed by atoms with Crippen LogP contribution in [0.3, 0.4) is 0 Å². The molecule has 1 amide bonds. The molecule has 0 bridgehead atoms. The van der Waals surface area contributed by atoms with E-state index in [0.717, 1.165) is 15.9 Å². The molecule has 2 aromatic rings. The second-order valence-electron chi connectivity index (χ2n) is 4.68. The number of amides is 1. The van der Waals surface area contributed by atoms with Crippen LogP contribution in [0.4, 0.5) is 0 Å². The minimum absolute atomic E-state index is 0. The average molecular weight is 301 g/mol. The van der Waals surface area contributed by atoms with Crippen molar-refractivity contribution in [3.8, 4) is 0 Å². The van der Waals surface area contributed by atoms with Gasteiger partial charge in [-0.25, -0.2) is 0 Å². The lowest BCUT2D eigenvalue weighted by Crippen LogP contribution is -2.30. The Hall–Kier alpha value is -1.19. The van der Waals surface area contributed by atoms with Gasteiger partial charge in [0.15, 0.2) is 0 Å². The summed E-state index contributed by atoms with van der Waals surface area (Å²) in [5.41, 5.74) is 1.11. The zero-order valence-corrected chi connectivity index (χ0v) is 12.6. The third-order valence-electron chi connectivity index (χ3n) is 2.76. The highest BCUT2D eigenvalue weighted by molar-refractivity contribution is 6.31. The number of fused-ring (bicyclic) bond motifs is 1. The molecule has 1 heterocycles. The van der Waals surface area contributed by atoms with Gasteiger partial charge in [0.05, 0.1) is 0 Å². The van der Waals surface area contributed by atoms with E-state index in [1.165, 1.54) is 0 Å². The van der Waals surface area contributed by atoms with Crippen LogP contribution in [0.2, 0.25) is 5.02 Å². The highest BCUT2D eigenvalue weighted by Crippen LogP contribution is 2.20. The van der Waals surface area contributed by atoms with E-state index in [1.54, 1.807) is 0 Å². The first-order chi connectivity index (χ1) is 8.56. The predicted molar refractivity (Wildman–Crippen MR) is 82.1 cm³/mol. The second-order valence-corrected chi connectivity index (χ2v) is 5.12. The van der Waals surface area contributed by atoms with Crippen molar-refractivity contribution in [1.29, 1.82) is 0 Å². The molecule has 0 atom stereocenters. The second kappa shape index (κ2) is 6.83. The number of nitrogens with zero attached hydrogens (tertiary/aromatic N) is 1. The number of nitrogens with one attached hydrogen (secondary N) is 1. The van der Waals surface area contributed by atoms with E-state index in [9.17, 15) is 4.79 Å². The minimum atomic E-state index is 0. The number of hydrogen-bond donors (Lipinski definition) is 1. The quantitative estimate of drug-likeness (QED) is 0.919. The molecule has 0 aliphatic heterocycles. The Balaban J connectivity index is 0.00000180. The van der Waals surface area contributed by atoms with Crippen LogP contribution in [0.5, 0.6) is 0 Å². The van der Waals surface area contributed by atoms with Crippen LogP contribution < -0.4 is 5.32 Å². The van der Waals surface area contributed by atoms with Crippen molar-refractivity contribution in [3.63, 3.8) is 0 Å². The van der Waals surface area contributed by atoms with Gasteiger partial charge in [0.2, 0.25) is 5.91 Å². The van der Waals surface area contributed by atoms with E-state index >= 15 is 0 Å². The van der Waals surface area contributed by atoms with Gasteiger partial charge in [-0.2, -0.15) is 0 Å². The van der Waals surface area contributed by atoms with Crippen LogP contribution in [0.25, 0.3) is 10.9 Å². The Morgan fingerprint density at radius 1 is 1.37 bits per heavy atom. The van der Waals surface area contributed by atoms with Crippen molar-refractivity contribution >= 4 is 40.8 Å². The van der Waals surface area contributed by atoms with Gasteiger partial charge in [-0.05, 0) is 38.1 Å². The first-order valence-corrected chi connectivity index (χ1v) is 6.48. The van der Waals surface area contributed by atoms with Crippen LogP contribution in [-0.4, -0.2) is 16.5 Å². The van der Waals surface area contributed by atoms with Gasteiger partial charge >= 0.3 is 0 Å². The molecule has 3 nitrogen and oxygen atoms in total. The molecule has 0 saturated carbocycles. The Bertz CT molecular complexity index is 564. The van der Waals surface area contributed by atoms with E-state index in [1.807, 2.05) is 44.3 Å². The lowest BCUT2D eigenvalue weighted by molar-refractivity contribution is -0.121. The number of carbonyl (C=O) groups is 1. The summed E-state index contributed by atoms with van der Waals surface area (Å²) in [6.45, 7) is 4.61. The molecule has 0 fully saturated rings. The summed E-state index contributed by atoms with van der Waals surface area (Å²) >= 11 is 5.94. The van der Waals surface area contributed by atoms with Crippen molar-refractivity contribution in [2.24, 2.45) is 0 Å². The van der Waals surface area contributed by atoms with Crippen LogP contribution >= 0.6 is 24.0 Å². The lowest BCUT2D eigenvalue weighted by Gasteiger charge is -2.09. The average Bonchev–Trinajstić information content (AvgIpc) is 2.67. The number of halogens is 2. The van der Waals surface area contributed by atoms with Gasteiger partial charge in [-0.15, -0.1) is 12.4 Å². The zero-order chi connectivity index (χ0) is 13.1. The van der Waals surface area contributed by atoms with Gasteiger partial charge in [0, 0.05) is 41.1 Å². The van der Waals surface area contributed by atoms with Crippen molar-refractivity contribution in [1.82, 2.24) is 9.88 Å². The number of carbonyl (C=O) groups excluding carboxylic acids is 1. The molecule has 5 heteroatoms. The van der Waals surface area contributed by atoms with E-state index in [-0.39, 0.29) is 24.4 Å². The topological polar surface area (TPSA) is 34.0 Å². The molecule has 104 valence electrons. The fourth-order valence-corrected chi connectivity index (χ4v) is 2.16. The maximum Gasteiger partial charge on any atom is 0.221 e. The van der Waals surface area contributed by atoms with Crippen LogP contribution in [0.15, 0.2) is 30.5 Å². The summed E-state index contributed by atoms with van der Waals surface area (Å²) in [6.07, 6.45) is 2.48. The molecule has 0 spiro atoms. The number of aromatic nitrogens is 1. The predicted octanol–water partition coefficient (Wildman–Crippen LogP) is 3.63. The largest absolute Gasteiger partial charge is 0.354 e. The number of aryl methyl sites for hydroxylation is 1. The standard InChI is InChI=1S/C14H17ClN2O.ClH/c1-10(2)16-14(18)6-8-17-7-5-11-9-12(15)3-4-13(11)17;/h3-5,7,9-10H,6,8H2,1-2H3,(H,16,18);1H. The Labute approximate surface area is 124 Å². The minimum Gasteiger partial charge on any atom is -0.354 e. The van der Waals surface area contributed by atoms with Crippen LogP contribution in [0.1, 0.15) is 20.3 Å². The molecular formula is C14H18Cl2N2O. The van der Waals surface area contributed by atoms with Crippen LogP contribution in [-0.2, 0) is 11.3 Å². The molecule has 1 aromatic heterocycles. The number of benzene rings is 1. The zero-order valence-electron chi connectivity index (χ0n) is 11.0. The van der Waals surface area contributed by atoms with E-state index in [0.29, 0.717) is 13.0 Å². The fourth-order valence-electron chi connectivity index (χ4n) is 1.98. The van der Waals surface area contributed by atoms with Crippen molar-refractivity contribution in [2.75, 3.05) is 0 Å². The summed E-state index contributed by atoms with van der Waals surface area (Å²) in [5.74, 6) is 0.0841. The molecule has 2 rings (SSSR count). The van der Waals surface area contributed by atoms with Gasteiger partial charge in [0.1, 0.15) is 0 Å². The first kappa shape index (κ1) is 15.9. The molecule has 19 heavy (non-hydrogen) atoms. The molecule has 0 aliphatic carbocycles. The SMILES string of the molecule is CC(C)NC(=O)CCn1ccc2cc(Cl)ccc21.Cl. The molecule has 0 unspecified atom stereocenters. The highest BCUT2D eigenvalue weighted by Gasteiger charge is 2.06. The Morgan fingerprint density at radius 2 is 2.11 bits per heavy atom. The molecule has 1 aromatic carbocycles. The summed E-state index contributed by atoms with van der Waals surface area (Å²) in [5, 5.41) is 4.73. The summed E-state index contributed by atoms with van der Waals surface area (Å²) in [6, 6.07) is 7.99. The molecule has 0 radical (unpaired) electrons. The number of rotatable bonds is 4. The smallest absolute Gasteiger partial charge is 0.221 e. The fraction of sp³-hybridized carbons (Fsp3) is 0.357. The van der Waals surface area contributed by atoms with Gasteiger partial charge < -0.3 is 9.88 Å². The van der Waals surface area contributed by atoms with Gasteiger partial charge in [-0.3, -0.25) is 4.79 Å². The lowest BCUT2D eigenvalue weighted by atomic mass is 10.2. The van der Waals surface area contributed by atoms with E-state index in [4.69, 9.17) is 11.6 Å².